The van der Waals surface area contributed by atoms with E-state index in [0.29, 0.717) is 12.4 Å². The minimum absolute atomic E-state index is 0.0619. The number of halogens is 1. The van der Waals surface area contributed by atoms with E-state index in [1.807, 2.05) is 24.3 Å². The van der Waals surface area contributed by atoms with Gasteiger partial charge in [-0.25, -0.2) is 4.79 Å². The summed E-state index contributed by atoms with van der Waals surface area (Å²) in [7, 11) is 5.76. The third-order valence-corrected chi connectivity index (χ3v) is 6.15. The van der Waals surface area contributed by atoms with Crippen LogP contribution in [0.1, 0.15) is 13.3 Å². The zero-order valence-corrected chi connectivity index (χ0v) is 20.9. The van der Waals surface area contributed by atoms with E-state index in [1.165, 1.54) is 16.4 Å². The van der Waals surface area contributed by atoms with E-state index in [-0.39, 0.29) is 12.3 Å². The fourth-order valence-corrected chi connectivity index (χ4v) is 4.50. The molecule has 7 heteroatoms. The Labute approximate surface area is 204 Å². The zero-order chi connectivity index (χ0) is 24.2. The Bertz CT molecular complexity index is 1370. The average Bonchev–Trinajstić information content (AvgIpc) is 3.12. The first-order valence-electron chi connectivity index (χ1n) is 11.5. The van der Waals surface area contributed by atoms with Crippen molar-refractivity contribution in [2.45, 2.75) is 19.9 Å². The van der Waals surface area contributed by atoms with Crippen LogP contribution in [0.5, 0.6) is 5.75 Å². The summed E-state index contributed by atoms with van der Waals surface area (Å²) in [6.07, 6.45) is 1.04. The standard InChI is InChI=1S/C27H30ClN3O3/c1-5-33-27(32)24(29-2)17-34-20-9-11-21-18(15-20)7-10-22-23-16-19(28)8-12-25(23)31(26(21)22)14-6-13-30(3)4/h7-12,15-16H,5-6,13-14,17H2,1-4H3. The van der Waals surface area contributed by atoms with Crippen LogP contribution in [0.3, 0.4) is 0 Å². The third kappa shape index (κ3) is 4.88. The van der Waals surface area contributed by atoms with Gasteiger partial charge < -0.3 is 18.9 Å². The van der Waals surface area contributed by atoms with E-state index >= 15 is 0 Å². The fourth-order valence-electron chi connectivity index (χ4n) is 4.33. The van der Waals surface area contributed by atoms with Gasteiger partial charge in [0, 0.05) is 40.3 Å². The lowest BCUT2D eigenvalue weighted by molar-refractivity contribution is -0.135. The molecule has 0 aliphatic carbocycles. The van der Waals surface area contributed by atoms with Crippen LogP contribution in [-0.2, 0) is 16.1 Å². The number of aliphatic imine (C=N–C) groups is 1. The van der Waals surface area contributed by atoms with E-state index in [4.69, 9.17) is 21.1 Å². The van der Waals surface area contributed by atoms with Crippen molar-refractivity contribution < 1.29 is 14.3 Å². The van der Waals surface area contributed by atoms with Crippen molar-refractivity contribution in [3.05, 3.63) is 53.6 Å². The molecule has 0 saturated carbocycles. The summed E-state index contributed by atoms with van der Waals surface area (Å²) in [5, 5.41) is 5.30. The minimum atomic E-state index is -0.451. The van der Waals surface area contributed by atoms with Gasteiger partial charge in [0.05, 0.1) is 12.1 Å². The molecule has 6 nitrogen and oxygen atoms in total. The summed E-state index contributed by atoms with van der Waals surface area (Å²) in [6.45, 7) is 4.06. The number of aromatic nitrogens is 1. The van der Waals surface area contributed by atoms with Crippen LogP contribution in [0.4, 0.5) is 0 Å². The second-order valence-electron chi connectivity index (χ2n) is 8.49. The van der Waals surface area contributed by atoms with Gasteiger partial charge in [-0.2, -0.15) is 0 Å². The minimum Gasteiger partial charge on any atom is -0.487 e. The Kier molecular flexibility index (Phi) is 7.39. The van der Waals surface area contributed by atoms with Crippen molar-refractivity contribution in [1.29, 1.82) is 0 Å². The predicted octanol–water partition coefficient (Wildman–Crippen LogP) is 5.57. The summed E-state index contributed by atoms with van der Waals surface area (Å²) in [4.78, 5) is 18.2. The topological polar surface area (TPSA) is 56.1 Å². The van der Waals surface area contributed by atoms with E-state index in [1.54, 1.807) is 14.0 Å². The SMILES string of the molecule is CCOC(=O)C(COc1ccc2c(ccc3c4cc(Cl)ccc4n(CCCN(C)C)c23)c1)=NC. The van der Waals surface area contributed by atoms with Crippen LogP contribution in [0.2, 0.25) is 5.02 Å². The van der Waals surface area contributed by atoms with Crippen LogP contribution in [0, 0.1) is 0 Å². The van der Waals surface area contributed by atoms with Gasteiger partial charge in [-0.15, -0.1) is 0 Å². The van der Waals surface area contributed by atoms with Crippen molar-refractivity contribution >= 4 is 55.9 Å². The van der Waals surface area contributed by atoms with Gasteiger partial charge in [0.25, 0.3) is 0 Å². The number of fused-ring (bicyclic) bond motifs is 5. The summed E-state index contributed by atoms with van der Waals surface area (Å²) in [5.41, 5.74) is 2.64. The molecule has 1 aromatic heterocycles. The molecule has 0 atom stereocenters. The molecule has 0 bridgehead atoms. The highest BCUT2D eigenvalue weighted by Gasteiger charge is 2.16. The predicted molar refractivity (Wildman–Crippen MR) is 141 cm³/mol. The monoisotopic (exact) mass is 479 g/mol. The van der Waals surface area contributed by atoms with Crippen molar-refractivity contribution in [3.63, 3.8) is 0 Å². The van der Waals surface area contributed by atoms with Gasteiger partial charge in [0.1, 0.15) is 12.4 Å². The Morgan fingerprint density at radius 3 is 2.59 bits per heavy atom. The molecule has 3 aromatic carbocycles. The molecule has 0 radical (unpaired) electrons. The highest BCUT2D eigenvalue weighted by Crippen LogP contribution is 2.36. The number of nitrogens with zero attached hydrogens (tertiary/aromatic N) is 3. The van der Waals surface area contributed by atoms with Gasteiger partial charge in [-0.3, -0.25) is 4.99 Å². The molecule has 0 amide bonds. The van der Waals surface area contributed by atoms with Crippen LogP contribution in [0.25, 0.3) is 32.6 Å². The first-order valence-corrected chi connectivity index (χ1v) is 11.8. The van der Waals surface area contributed by atoms with Crippen molar-refractivity contribution in [2.75, 3.05) is 40.9 Å². The molecule has 0 aliphatic heterocycles. The fraction of sp³-hybridized carbons (Fsp3) is 0.333. The second-order valence-corrected chi connectivity index (χ2v) is 8.93. The largest absolute Gasteiger partial charge is 0.487 e. The number of aryl methyl sites for hydroxylation is 1. The first kappa shape index (κ1) is 24.0. The molecule has 178 valence electrons. The maximum Gasteiger partial charge on any atom is 0.355 e. The number of ether oxygens (including phenoxy) is 2. The smallest absolute Gasteiger partial charge is 0.355 e. The van der Waals surface area contributed by atoms with Crippen molar-refractivity contribution in [1.82, 2.24) is 9.47 Å². The van der Waals surface area contributed by atoms with Gasteiger partial charge >= 0.3 is 5.97 Å². The van der Waals surface area contributed by atoms with Crippen LogP contribution >= 0.6 is 11.6 Å². The Morgan fingerprint density at radius 1 is 1.06 bits per heavy atom. The van der Waals surface area contributed by atoms with E-state index in [2.05, 4.69) is 52.8 Å². The van der Waals surface area contributed by atoms with E-state index in [0.717, 1.165) is 40.7 Å². The average molecular weight is 480 g/mol. The summed E-state index contributed by atoms with van der Waals surface area (Å²) >= 11 is 6.35. The molecule has 0 spiro atoms. The zero-order valence-electron chi connectivity index (χ0n) is 20.1. The molecule has 4 aromatic rings. The van der Waals surface area contributed by atoms with Crippen LogP contribution in [0.15, 0.2) is 53.5 Å². The Hall–Kier alpha value is -3.09. The molecule has 4 rings (SSSR count). The maximum atomic E-state index is 12.0. The normalized spacial score (nSPS) is 12.2. The second kappa shape index (κ2) is 10.5. The molecular weight excluding hydrogens is 450 g/mol. The number of esters is 1. The molecule has 0 fully saturated rings. The van der Waals surface area contributed by atoms with Crippen LogP contribution in [-0.4, -0.2) is 62.0 Å². The molecule has 34 heavy (non-hydrogen) atoms. The maximum absolute atomic E-state index is 12.0. The lowest BCUT2D eigenvalue weighted by Crippen LogP contribution is -2.24. The number of hydrogen-bond donors (Lipinski definition) is 0. The third-order valence-electron chi connectivity index (χ3n) is 5.92. The number of hydrogen-bond acceptors (Lipinski definition) is 5. The van der Waals surface area contributed by atoms with Crippen LogP contribution < -0.4 is 4.74 Å². The van der Waals surface area contributed by atoms with Gasteiger partial charge in [-0.05, 0) is 75.8 Å². The Balaban J connectivity index is 1.74. The highest BCUT2D eigenvalue weighted by atomic mass is 35.5. The quantitative estimate of drug-likeness (QED) is 0.233. The number of benzene rings is 3. The van der Waals surface area contributed by atoms with Gasteiger partial charge in [0.15, 0.2) is 5.71 Å². The molecule has 1 heterocycles. The van der Waals surface area contributed by atoms with Gasteiger partial charge in [0.2, 0.25) is 0 Å². The number of rotatable bonds is 9. The van der Waals surface area contributed by atoms with E-state index in [9.17, 15) is 4.79 Å². The summed E-state index contributed by atoms with van der Waals surface area (Å²) in [6, 6.07) is 16.4. The highest BCUT2D eigenvalue weighted by molar-refractivity contribution is 6.37. The number of carbonyl (C=O) groups is 1. The number of carbonyl (C=O) groups excluding carboxylic acids is 1. The molecular formula is C27H30ClN3O3. The van der Waals surface area contributed by atoms with Gasteiger partial charge in [-0.1, -0.05) is 23.7 Å². The molecule has 0 saturated heterocycles. The molecule has 0 N–H and O–H groups in total. The molecule has 0 aliphatic rings. The lowest BCUT2D eigenvalue weighted by Gasteiger charge is -2.13. The Morgan fingerprint density at radius 2 is 1.85 bits per heavy atom. The van der Waals surface area contributed by atoms with Crippen molar-refractivity contribution in [2.24, 2.45) is 4.99 Å². The summed E-state index contributed by atoms with van der Waals surface area (Å²) < 4.78 is 13.3. The lowest BCUT2D eigenvalue weighted by atomic mass is 10.1. The molecule has 0 unspecified atom stereocenters. The first-order chi connectivity index (χ1) is 16.4. The summed E-state index contributed by atoms with van der Waals surface area (Å²) in [5.74, 6) is 0.226. The van der Waals surface area contributed by atoms with E-state index < -0.39 is 5.97 Å². The van der Waals surface area contributed by atoms with Crippen molar-refractivity contribution in [3.8, 4) is 5.75 Å².